The first kappa shape index (κ1) is 15.9. The molecule has 0 bridgehead atoms. The summed E-state index contributed by atoms with van der Waals surface area (Å²) in [5, 5.41) is 0. The highest BCUT2D eigenvalue weighted by atomic mass is 16.5. The lowest BCUT2D eigenvalue weighted by atomic mass is 10.2. The van der Waals surface area contributed by atoms with Crippen LogP contribution in [-0.4, -0.2) is 61.9 Å². The molecular weight excluding hydrogens is 266 g/mol. The van der Waals surface area contributed by atoms with Crippen molar-refractivity contribution in [2.24, 2.45) is 0 Å². The zero-order valence-corrected chi connectivity index (χ0v) is 13.4. The summed E-state index contributed by atoms with van der Waals surface area (Å²) in [6.07, 6.45) is 1.87. The van der Waals surface area contributed by atoms with Crippen LogP contribution in [0.1, 0.15) is 13.8 Å². The van der Waals surface area contributed by atoms with Crippen LogP contribution in [0.15, 0.2) is 12.3 Å². The van der Waals surface area contributed by atoms with Crippen LogP contribution in [0.5, 0.6) is 0 Å². The van der Waals surface area contributed by atoms with E-state index in [1.54, 1.807) is 12.3 Å². The summed E-state index contributed by atoms with van der Waals surface area (Å²) in [6.45, 7) is 10.0. The molecule has 0 amide bonds. The van der Waals surface area contributed by atoms with Gasteiger partial charge < -0.3 is 25.6 Å². The summed E-state index contributed by atoms with van der Waals surface area (Å²) in [6, 6.07) is 1.77. The van der Waals surface area contributed by atoms with Crippen molar-refractivity contribution >= 4 is 17.2 Å². The van der Waals surface area contributed by atoms with Gasteiger partial charge in [-0.05, 0) is 19.9 Å². The minimum Gasteiger partial charge on any atom is -0.397 e. The molecule has 2 heterocycles. The third-order valence-electron chi connectivity index (χ3n) is 4.53. The molecule has 0 aliphatic carbocycles. The molecule has 0 aromatic carbocycles. The van der Waals surface area contributed by atoms with Gasteiger partial charge in [0.05, 0.1) is 50.9 Å². The van der Waals surface area contributed by atoms with E-state index in [0.29, 0.717) is 18.0 Å². The zero-order chi connectivity index (χ0) is 15.5. The van der Waals surface area contributed by atoms with E-state index in [-0.39, 0.29) is 6.10 Å². The van der Waals surface area contributed by atoms with Crippen molar-refractivity contribution in [1.29, 1.82) is 0 Å². The standard InChI is InChI=1S/C15H28N5O/c1-4-20(3,5-2)11-13-10-19(6-7-21-13)15-14(17)8-12(16)9-18-15/h8-9,13H,4-7,10-11,16-17H2,1-3H3/q+1. The van der Waals surface area contributed by atoms with Gasteiger partial charge in [-0.15, -0.1) is 0 Å². The van der Waals surface area contributed by atoms with Crippen molar-refractivity contribution in [1.82, 2.24) is 4.98 Å². The van der Waals surface area contributed by atoms with E-state index in [4.69, 9.17) is 16.2 Å². The zero-order valence-electron chi connectivity index (χ0n) is 13.4. The molecule has 6 heteroatoms. The van der Waals surface area contributed by atoms with Crippen LogP contribution in [0.3, 0.4) is 0 Å². The lowest BCUT2D eigenvalue weighted by Gasteiger charge is -2.40. The molecule has 1 atom stereocenters. The SMILES string of the molecule is CC[N+](C)(CC)CC1CN(c2ncc(N)cc2N)CCO1. The summed E-state index contributed by atoms with van der Waals surface area (Å²) >= 11 is 0. The molecule has 6 nitrogen and oxygen atoms in total. The summed E-state index contributed by atoms with van der Waals surface area (Å²) < 4.78 is 6.96. The molecule has 1 aliphatic heterocycles. The maximum absolute atomic E-state index is 6.05. The number of hydrogen-bond donors (Lipinski definition) is 2. The Morgan fingerprint density at radius 1 is 1.38 bits per heavy atom. The molecule has 1 aliphatic rings. The number of likely N-dealkylation sites (N-methyl/N-ethyl adjacent to an activating group) is 1. The van der Waals surface area contributed by atoms with Gasteiger partial charge in [-0.3, -0.25) is 0 Å². The third-order valence-corrected chi connectivity index (χ3v) is 4.53. The minimum absolute atomic E-state index is 0.211. The average molecular weight is 294 g/mol. The molecule has 0 radical (unpaired) electrons. The van der Waals surface area contributed by atoms with Gasteiger partial charge in [0.1, 0.15) is 12.6 Å². The van der Waals surface area contributed by atoms with Crippen LogP contribution in [0.25, 0.3) is 0 Å². The fourth-order valence-corrected chi connectivity index (χ4v) is 2.75. The van der Waals surface area contributed by atoms with Crippen LogP contribution < -0.4 is 16.4 Å². The number of hydrogen-bond acceptors (Lipinski definition) is 5. The predicted octanol–water partition coefficient (Wildman–Crippen LogP) is 0.938. The minimum atomic E-state index is 0.211. The molecule has 0 saturated carbocycles. The largest absolute Gasteiger partial charge is 0.397 e. The number of quaternary nitrogens is 1. The van der Waals surface area contributed by atoms with E-state index < -0.39 is 0 Å². The smallest absolute Gasteiger partial charge is 0.152 e. The number of ether oxygens (including phenoxy) is 1. The molecule has 1 aromatic rings. The van der Waals surface area contributed by atoms with Gasteiger partial charge in [-0.1, -0.05) is 0 Å². The highest BCUT2D eigenvalue weighted by Gasteiger charge is 2.29. The van der Waals surface area contributed by atoms with E-state index in [0.717, 1.165) is 43.0 Å². The molecule has 1 unspecified atom stereocenters. The predicted molar refractivity (Wildman–Crippen MR) is 87.1 cm³/mol. The van der Waals surface area contributed by atoms with E-state index >= 15 is 0 Å². The number of aromatic nitrogens is 1. The summed E-state index contributed by atoms with van der Waals surface area (Å²) in [7, 11) is 2.28. The number of morpholine rings is 1. The highest BCUT2D eigenvalue weighted by molar-refractivity contribution is 5.67. The van der Waals surface area contributed by atoms with Crippen molar-refractivity contribution in [2.75, 3.05) is 62.7 Å². The summed E-state index contributed by atoms with van der Waals surface area (Å²) in [4.78, 5) is 6.59. The second-order valence-corrected chi connectivity index (χ2v) is 6.05. The van der Waals surface area contributed by atoms with Crippen LogP contribution in [0.4, 0.5) is 17.2 Å². The van der Waals surface area contributed by atoms with Gasteiger partial charge in [0.2, 0.25) is 0 Å². The van der Waals surface area contributed by atoms with E-state index in [1.165, 1.54) is 0 Å². The van der Waals surface area contributed by atoms with Gasteiger partial charge in [0.25, 0.3) is 0 Å². The summed E-state index contributed by atoms with van der Waals surface area (Å²) in [5.41, 5.74) is 13.0. The first-order chi connectivity index (χ1) is 9.97. The van der Waals surface area contributed by atoms with Gasteiger partial charge >= 0.3 is 0 Å². The summed E-state index contributed by atoms with van der Waals surface area (Å²) in [5.74, 6) is 0.819. The van der Waals surface area contributed by atoms with Crippen molar-refractivity contribution < 1.29 is 9.22 Å². The van der Waals surface area contributed by atoms with Gasteiger partial charge in [-0.25, -0.2) is 4.98 Å². The quantitative estimate of drug-likeness (QED) is 0.790. The fraction of sp³-hybridized carbons (Fsp3) is 0.667. The van der Waals surface area contributed by atoms with E-state index in [1.807, 2.05) is 0 Å². The molecular formula is C15H28N5O+. The molecule has 0 spiro atoms. The Kier molecular flexibility index (Phi) is 4.90. The molecule has 4 N–H and O–H groups in total. The Labute approximate surface area is 127 Å². The van der Waals surface area contributed by atoms with Crippen LogP contribution in [0, 0.1) is 0 Å². The van der Waals surface area contributed by atoms with E-state index in [9.17, 15) is 0 Å². The maximum Gasteiger partial charge on any atom is 0.152 e. The average Bonchev–Trinajstić information content (AvgIpc) is 2.47. The van der Waals surface area contributed by atoms with Crippen LogP contribution in [0.2, 0.25) is 0 Å². The molecule has 118 valence electrons. The number of anilines is 3. The maximum atomic E-state index is 6.05. The van der Waals surface area contributed by atoms with Crippen molar-refractivity contribution in [3.63, 3.8) is 0 Å². The van der Waals surface area contributed by atoms with Crippen LogP contribution in [-0.2, 0) is 4.74 Å². The Hall–Kier alpha value is -1.53. The Bertz CT molecular complexity index is 475. The Morgan fingerprint density at radius 2 is 2.10 bits per heavy atom. The second-order valence-electron chi connectivity index (χ2n) is 6.05. The molecule has 1 saturated heterocycles. The van der Waals surface area contributed by atoms with Crippen molar-refractivity contribution in [3.05, 3.63) is 12.3 Å². The number of nitrogen functional groups attached to an aromatic ring is 2. The second kappa shape index (κ2) is 6.49. The molecule has 1 fully saturated rings. The lowest BCUT2D eigenvalue weighted by Crippen LogP contribution is -2.54. The number of rotatable bonds is 5. The first-order valence-corrected chi connectivity index (χ1v) is 7.68. The van der Waals surface area contributed by atoms with Crippen molar-refractivity contribution in [3.8, 4) is 0 Å². The first-order valence-electron chi connectivity index (χ1n) is 7.68. The monoisotopic (exact) mass is 294 g/mol. The number of nitrogens with zero attached hydrogens (tertiary/aromatic N) is 3. The number of nitrogens with two attached hydrogens (primary N) is 2. The third kappa shape index (κ3) is 3.77. The van der Waals surface area contributed by atoms with Gasteiger partial charge in [0.15, 0.2) is 5.82 Å². The Morgan fingerprint density at radius 3 is 2.71 bits per heavy atom. The molecule has 21 heavy (non-hydrogen) atoms. The molecule has 1 aromatic heterocycles. The fourth-order valence-electron chi connectivity index (χ4n) is 2.75. The highest BCUT2D eigenvalue weighted by Crippen LogP contribution is 2.24. The van der Waals surface area contributed by atoms with Crippen molar-refractivity contribution in [2.45, 2.75) is 20.0 Å². The topological polar surface area (TPSA) is 77.4 Å². The normalized spacial score (nSPS) is 19.8. The van der Waals surface area contributed by atoms with Gasteiger partial charge in [-0.2, -0.15) is 0 Å². The van der Waals surface area contributed by atoms with E-state index in [2.05, 4.69) is 30.8 Å². The van der Waals surface area contributed by atoms with Crippen LogP contribution >= 0.6 is 0 Å². The Balaban J connectivity index is 2.07. The molecule has 2 rings (SSSR count). The lowest BCUT2D eigenvalue weighted by molar-refractivity contribution is -0.909. The van der Waals surface area contributed by atoms with Gasteiger partial charge in [0, 0.05) is 6.54 Å². The number of pyridine rings is 1.